The van der Waals surface area contributed by atoms with Gasteiger partial charge in [-0.3, -0.25) is 0 Å². The van der Waals surface area contributed by atoms with Gasteiger partial charge >= 0.3 is 0 Å². The molecule has 3 aromatic heterocycles. The number of aromatic amines is 1. The van der Waals surface area contributed by atoms with Gasteiger partial charge in [-0.1, -0.05) is 11.6 Å². The maximum Gasteiger partial charge on any atom is 0.183 e. The lowest BCUT2D eigenvalue weighted by molar-refractivity contribution is 0.185. The molecule has 9 heteroatoms. The molecule has 1 aliphatic rings. The molecule has 0 unspecified atom stereocenters. The lowest BCUT2D eigenvalue weighted by atomic mass is 9.98. The van der Waals surface area contributed by atoms with Gasteiger partial charge in [-0.15, -0.1) is 0 Å². The average Bonchev–Trinajstić information content (AvgIpc) is 3.11. The van der Waals surface area contributed by atoms with E-state index < -0.39 is 5.82 Å². The van der Waals surface area contributed by atoms with Crippen LogP contribution in [-0.2, 0) is 0 Å². The van der Waals surface area contributed by atoms with Crippen molar-refractivity contribution in [2.24, 2.45) is 11.7 Å². The summed E-state index contributed by atoms with van der Waals surface area (Å²) in [6.07, 6.45) is 6.77. The molecule has 4 N–H and O–H groups in total. The Morgan fingerprint density at radius 1 is 1.36 bits per heavy atom. The SMILES string of the molecule is NCCN1CCC[C@@H](CNc2nc(-c3c[nH]c4ncc(Cl)cc34)ncc2F)C1. The number of piperidine rings is 1. The van der Waals surface area contributed by atoms with E-state index in [4.69, 9.17) is 17.3 Å². The minimum absolute atomic E-state index is 0.213. The number of nitrogens with zero attached hydrogens (tertiary/aromatic N) is 4. The van der Waals surface area contributed by atoms with Gasteiger partial charge in [-0.2, -0.15) is 0 Å². The lowest BCUT2D eigenvalue weighted by Gasteiger charge is -2.32. The first-order valence-electron chi connectivity index (χ1n) is 9.46. The van der Waals surface area contributed by atoms with Crippen molar-refractivity contribution in [3.8, 4) is 11.4 Å². The predicted molar refractivity (Wildman–Crippen MR) is 109 cm³/mol. The van der Waals surface area contributed by atoms with E-state index in [0.717, 1.165) is 43.4 Å². The zero-order valence-corrected chi connectivity index (χ0v) is 16.2. The molecule has 1 atom stereocenters. The van der Waals surface area contributed by atoms with E-state index in [-0.39, 0.29) is 5.82 Å². The Morgan fingerprint density at radius 2 is 2.25 bits per heavy atom. The number of fused-ring (bicyclic) bond motifs is 1. The van der Waals surface area contributed by atoms with E-state index in [9.17, 15) is 4.39 Å². The largest absolute Gasteiger partial charge is 0.367 e. The number of halogens is 2. The van der Waals surface area contributed by atoms with Crippen molar-refractivity contribution < 1.29 is 4.39 Å². The van der Waals surface area contributed by atoms with Gasteiger partial charge in [0.25, 0.3) is 0 Å². The Kier molecular flexibility index (Phi) is 5.70. The smallest absolute Gasteiger partial charge is 0.183 e. The second kappa shape index (κ2) is 8.38. The molecule has 0 radical (unpaired) electrons. The number of hydrogen-bond donors (Lipinski definition) is 3. The van der Waals surface area contributed by atoms with Gasteiger partial charge in [0.15, 0.2) is 17.5 Å². The van der Waals surface area contributed by atoms with Gasteiger partial charge in [-0.05, 0) is 31.4 Å². The zero-order chi connectivity index (χ0) is 19.5. The number of anilines is 1. The van der Waals surface area contributed by atoms with E-state index in [1.54, 1.807) is 18.5 Å². The van der Waals surface area contributed by atoms with Gasteiger partial charge in [-0.25, -0.2) is 19.3 Å². The standard InChI is InChI=1S/C19H23ClFN7/c20-13-6-14-15(9-25-17(14)24-8-13)18-26-10-16(21)19(27-18)23-7-12-2-1-4-28(11-12)5-3-22/h6,8-10,12H,1-5,7,11,22H2,(H,24,25)(H,23,26,27)/t12-/m0/s1. The van der Waals surface area contributed by atoms with Crippen LogP contribution in [0.3, 0.4) is 0 Å². The average molecular weight is 404 g/mol. The molecule has 3 aromatic rings. The normalized spacial score (nSPS) is 17.9. The third-order valence-corrected chi connectivity index (χ3v) is 5.30. The highest BCUT2D eigenvalue weighted by Gasteiger charge is 2.20. The molecule has 1 saturated heterocycles. The molecule has 4 heterocycles. The van der Waals surface area contributed by atoms with E-state index in [2.05, 4.69) is 30.2 Å². The molecule has 0 aliphatic carbocycles. The molecule has 4 rings (SSSR count). The maximum atomic E-state index is 14.3. The zero-order valence-electron chi connectivity index (χ0n) is 15.5. The molecule has 0 saturated carbocycles. The van der Waals surface area contributed by atoms with Crippen molar-refractivity contribution in [1.82, 2.24) is 24.8 Å². The predicted octanol–water partition coefficient (Wildman–Crippen LogP) is 2.89. The Morgan fingerprint density at radius 3 is 3.11 bits per heavy atom. The number of rotatable bonds is 6. The van der Waals surface area contributed by atoms with Crippen LogP contribution in [0.15, 0.2) is 24.7 Å². The van der Waals surface area contributed by atoms with Crippen molar-refractivity contribution in [2.45, 2.75) is 12.8 Å². The topological polar surface area (TPSA) is 95.8 Å². The van der Waals surface area contributed by atoms with E-state index in [1.165, 1.54) is 6.20 Å². The highest BCUT2D eigenvalue weighted by atomic mass is 35.5. The number of likely N-dealkylation sites (tertiary alicyclic amines) is 1. The lowest BCUT2D eigenvalue weighted by Crippen LogP contribution is -2.40. The molecule has 148 valence electrons. The highest BCUT2D eigenvalue weighted by molar-refractivity contribution is 6.31. The van der Waals surface area contributed by atoms with Crippen molar-refractivity contribution in [3.05, 3.63) is 35.5 Å². The summed E-state index contributed by atoms with van der Waals surface area (Å²) in [5.41, 5.74) is 7.08. The second-order valence-corrected chi connectivity index (χ2v) is 7.56. The monoisotopic (exact) mass is 403 g/mol. The molecule has 0 bridgehead atoms. The molecule has 0 aromatic carbocycles. The summed E-state index contributed by atoms with van der Waals surface area (Å²) in [7, 11) is 0. The number of H-pyrrole nitrogens is 1. The third kappa shape index (κ3) is 4.09. The first kappa shape index (κ1) is 19.0. The molecule has 0 spiro atoms. The van der Waals surface area contributed by atoms with Crippen LogP contribution in [0.1, 0.15) is 12.8 Å². The summed E-state index contributed by atoms with van der Waals surface area (Å²) >= 11 is 6.06. The Bertz CT molecular complexity index is 959. The summed E-state index contributed by atoms with van der Waals surface area (Å²) in [5, 5.41) is 4.49. The van der Waals surface area contributed by atoms with Gasteiger partial charge in [0.05, 0.1) is 11.2 Å². The van der Waals surface area contributed by atoms with E-state index in [1.807, 2.05) is 0 Å². The Labute approximate surface area is 167 Å². The Hall–Kier alpha value is -2.29. The van der Waals surface area contributed by atoms with Crippen molar-refractivity contribution in [2.75, 3.05) is 38.0 Å². The number of nitrogens with one attached hydrogen (secondary N) is 2. The molecule has 28 heavy (non-hydrogen) atoms. The van der Waals surface area contributed by atoms with E-state index in [0.29, 0.717) is 35.5 Å². The molecule has 1 fully saturated rings. The van der Waals surface area contributed by atoms with Crippen LogP contribution in [-0.4, -0.2) is 57.6 Å². The third-order valence-electron chi connectivity index (χ3n) is 5.09. The number of nitrogens with two attached hydrogens (primary N) is 1. The Balaban J connectivity index is 1.52. The number of pyridine rings is 1. The molecular formula is C19H23ClFN7. The quantitative estimate of drug-likeness (QED) is 0.585. The van der Waals surface area contributed by atoms with Crippen molar-refractivity contribution in [3.63, 3.8) is 0 Å². The van der Waals surface area contributed by atoms with Gasteiger partial charge in [0, 0.05) is 49.5 Å². The van der Waals surface area contributed by atoms with Gasteiger partial charge in [0.1, 0.15) is 5.65 Å². The van der Waals surface area contributed by atoms with Crippen LogP contribution in [0, 0.1) is 11.7 Å². The fourth-order valence-corrected chi connectivity index (χ4v) is 3.89. The second-order valence-electron chi connectivity index (χ2n) is 7.12. The first-order valence-corrected chi connectivity index (χ1v) is 9.83. The van der Waals surface area contributed by atoms with Gasteiger partial charge in [0.2, 0.25) is 0 Å². The summed E-state index contributed by atoms with van der Waals surface area (Å²) in [5.74, 6) is 0.612. The summed E-state index contributed by atoms with van der Waals surface area (Å²) in [6.45, 7) is 4.27. The number of aromatic nitrogens is 4. The maximum absolute atomic E-state index is 14.3. The van der Waals surface area contributed by atoms with Crippen molar-refractivity contribution >= 4 is 28.5 Å². The molecular weight excluding hydrogens is 381 g/mol. The van der Waals surface area contributed by atoms with Crippen molar-refractivity contribution in [1.29, 1.82) is 0 Å². The fraction of sp³-hybridized carbons (Fsp3) is 0.421. The first-order chi connectivity index (χ1) is 13.6. The molecule has 0 amide bonds. The van der Waals surface area contributed by atoms with Crippen LogP contribution in [0.4, 0.5) is 10.2 Å². The number of hydrogen-bond acceptors (Lipinski definition) is 6. The van der Waals surface area contributed by atoms with Crippen LogP contribution in [0.2, 0.25) is 5.02 Å². The summed E-state index contributed by atoms with van der Waals surface area (Å²) in [6, 6.07) is 1.80. The highest BCUT2D eigenvalue weighted by Crippen LogP contribution is 2.28. The van der Waals surface area contributed by atoms with Crippen LogP contribution in [0.25, 0.3) is 22.4 Å². The molecule has 7 nitrogen and oxygen atoms in total. The van der Waals surface area contributed by atoms with E-state index >= 15 is 0 Å². The minimum atomic E-state index is -0.464. The van der Waals surface area contributed by atoms with Crippen LogP contribution < -0.4 is 11.1 Å². The van der Waals surface area contributed by atoms with Gasteiger partial charge < -0.3 is 20.9 Å². The summed E-state index contributed by atoms with van der Waals surface area (Å²) in [4.78, 5) is 18.2. The van der Waals surface area contributed by atoms with Crippen LogP contribution >= 0.6 is 11.6 Å². The van der Waals surface area contributed by atoms with Crippen LogP contribution in [0.5, 0.6) is 0 Å². The fourth-order valence-electron chi connectivity index (χ4n) is 3.73. The summed E-state index contributed by atoms with van der Waals surface area (Å²) < 4.78 is 14.3. The molecule has 1 aliphatic heterocycles. The minimum Gasteiger partial charge on any atom is -0.367 e.